The lowest BCUT2D eigenvalue weighted by Gasteiger charge is -2.18. The number of nitrogens with two attached hydrogens (primary N) is 1. The summed E-state index contributed by atoms with van der Waals surface area (Å²) < 4.78 is 0. The van der Waals surface area contributed by atoms with Gasteiger partial charge in [-0.2, -0.15) is 0 Å². The first-order chi connectivity index (χ1) is 6.68. The first-order valence-corrected chi connectivity index (χ1v) is 5.13. The highest BCUT2D eigenvalue weighted by molar-refractivity contribution is 5.43. The molecule has 0 unspecified atom stereocenters. The van der Waals surface area contributed by atoms with Crippen LogP contribution in [0.5, 0.6) is 0 Å². The first-order valence-electron chi connectivity index (χ1n) is 5.13. The summed E-state index contributed by atoms with van der Waals surface area (Å²) in [5, 5.41) is 0. The maximum atomic E-state index is 5.83. The first kappa shape index (κ1) is 9.46. The van der Waals surface area contributed by atoms with Crippen LogP contribution < -0.4 is 10.6 Å². The normalized spacial score (nSPS) is 17.9. The monoisotopic (exact) mass is 191 g/mol. The number of aromatic nitrogens is 1. The van der Waals surface area contributed by atoms with Gasteiger partial charge in [0.15, 0.2) is 0 Å². The maximum absolute atomic E-state index is 5.83. The van der Waals surface area contributed by atoms with E-state index in [0.717, 1.165) is 11.4 Å². The van der Waals surface area contributed by atoms with Crippen molar-refractivity contribution in [1.82, 2.24) is 4.98 Å². The molecule has 1 fully saturated rings. The Morgan fingerprint density at radius 2 is 2.29 bits per heavy atom. The van der Waals surface area contributed by atoms with Gasteiger partial charge in [0, 0.05) is 25.3 Å². The van der Waals surface area contributed by atoms with Gasteiger partial charge in [0.25, 0.3) is 0 Å². The van der Waals surface area contributed by atoms with E-state index in [-0.39, 0.29) is 6.04 Å². The molecule has 3 heteroatoms. The summed E-state index contributed by atoms with van der Waals surface area (Å²) >= 11 is 0. The predicted octanol–water partition coefficient (Wildman–Crippen LogP) is 1.70. The van der Waals surface area contributed by atoms with Crippen LogP contribution in [0.1, 0.15) is 31.4 Å². The van der Waals surface area contributed by atoms with Crippen LogP contribution in [-0.4, -0.2) is 18.1 Å². The Balaban J connectivity index is 2.20. The quantitative estimate of drug-likeness (QED) is 0.790. The Hall–Kier alpha value is -1.09. The Morgan fingerprint density at radius 1 is 1.57 bits per heavy atom. The Morgan fingerprint density at radius 3 is 2.86 bits per heavy atom. The number of nitrogens with zero attached hydrogens (tertiary/aromatic N) is 2. The molecular formula is C11H17N3. The van der Waals surface area contributed by atoms with Gasteiger partial charge in [-0.1, -0.05) is 0 Å². The van der Waals surface area contributed by atoms with Gasteiger partial charge in [-0.15, -0.1) is 0 Å². The molecule has 2 rings (SSSR count). The summed E-state index contributed by atoms with van der Waals surface area (Å²) in [5.41, 5.74) is 6.98. The summed E-state index contributed by atoms with van der Waals surface area (Å²) in [6.45, 7) is 2.00. The molecule has 0 saturated heterocycles. The van der Waals surface area contributed by atoms with Gasteiger partial charge in [-0.05, 0) is 37.5 Å². The molecule has 3 nitrogen and oxygen atoms in total. The van der Waals surface area contributed by atoms with E-state index in [2.05, 4.69) is 23.0 Å². The zero-order valence-electron chi connectivity index (χ0n) is 8.77. The molecule has 1 aliphatic carbocycles. The minimum Gasteiger partial charge on any atom is -0.357 e. The molecule has 1 aromatic rings. The second-order valence-corrected chi connectivity index (χ2v) is 4.08. The van der Waals surface area contributed by atoms with Crippen LogP contribution in [-0.2, 0) is 0 Å². The van der Waals surface area contributed by atoms with Crippen LogP contribution in [0.3, 0.4) is 0 Å². The Bertz CT molecular complexity index is 318. The minimum atomic E-state index is 0.0874. The van der Waals surface area contributed by atoms with Crippen molar-refractivity contribution in [3.63, 3.8) is 0 Å². The van der Waals surface area contributed by atoms with Gasteiger partial charge >= 0.3 is 0 Å². The second kappa shape index (κ2) is 3.58. The SMILES string of the molecule is C[C@@H](N)c1ccnc(N(C)C2CC2)c1. The van der Waals surface area contributed by atoms with Crippen LogP contribution in [0.2, 0.25) is 0 Å². The van der Waals surface area contributed by atoms with E-state index in [9.17, 15) is 0 Å². The number of pyridine rings is 1. The largest absolute Gasteiger partial charge is 0.357 e. The summed E-state index contributed by atoms with van der Waals surface area (Å²) in [4.78, 5) is 6.60. The zero-order valence-corrected chi connectivity index (χ0v) is 8.77. The third-order valence-electron chi connectivity index (χ3n) is 2.75. The summed E-state index contributed by atoms with van der Waals surface area (Å²) in [5.74, 6) is 1.04. The standard InChI is InChI=1S/C11H17N3/c1-8(12)9-5-6-13-11(7-9)14(2)10-3-4-10/h5-8,10H,3-4,12H2,1-2H3/t8-/m1/s1. The molecule has 1 atom stereocenters. The van der Waals surface area contributed by atoms with Gasteiger partial charge in [-0.25, -0.2) is 4.98 Å². The lowest BCUT2D eigenvalue weighted by molar-refractivity contribution is 0.808. The molecule has 1 aromatic heterocycles. The van der Waals surface area contributed by atoms with E-state index in [4.69, 9.17) is 5.73 Å². The van der Waals surface area contributed by atoms with Crippen molar-refractivity contribution in [2.24, 2.45) is 5.73 Å². The lowest BCUT2D eigenvalue weighted by Crippen LogP contribution is -2.21. The molecule has 0 bridgehead atoms. The molecule has 1 heterocycles. The third kappa shape index (κ3) is 1.87. The molecule has 76 valence electrons. The zero-order chi connectivity index (χ0) is 10.1. The molecule has 1 saturated carbocycles. The molecule has 0 spiro atoms. The Kier molecular flexibility index (Phi) is 2.42. The van der Waals surface area contributed by atoms with E-state index in [1.165, 1.54) is 12.8 Å². The summed E-state index contributed by atoms with van der Waals surface area (Å²) in [6.07, 6.45) is 4.42. The third-order valence-corrected chi connectivity index (χ3v) is 2.75. The van der Waals surface area contributed by atoms with Crippen molar-refractivity contribution in [3.8, 4) is 0 Å². The number of anilines is 1. The van der Waals surface area contributed by atoms with Crippen LogP contribution in [0.25, 0.3) is 0 Å². The van der Waals surface area contributed by atoms with Crippen molar-refractivity contribution in [1.29, 1.82) is 0 Å². The number of rotatable bonds is 3. The fourth-order valence-electron chi connectivity index (χ4n) is 1.56. The van der Waals surface area contributed by atoms with Gasteiger partial charge in [0.1, 0.15) is 5.82 Å². The van der Waals surface area contributed by atoms with Crippen LogP contribution in [0.15, 0.2) is 18.3 Å². The lowest BCUT2D eigenvalue weighted by atomic mass is 10.1. The van der Waals surface area contributed by atoms with Gasteiger partial charge < -0.3 is 10.6 Å². The predicted molar refractivity (Wildman–Crippen MR) is 58.3 cm³/mol. The van der Waals surface area contributed by atoms with Crippen molar-refractivity contribution in [2.75, 3.05) is 11.9 Å². The topological polar surface area (TPSA) is 42.1 Å². The van der Waals surface area contributed by atoms with E-state index < -0.39 is 0 Å². The van der Waals surface area contributed by atoms with Crippen LogP contribution in [0.4, 0.5) is 5.82 Å². The van der Waals surface area contributed by atoms with Crippen LogP contribution in [0, 0.1) is 0 Å². The number of hydrogen-bond donors (Lipinski definition) is 1. The van der Waals surface area contributed by atoms with E-state index in [0.29, 0.717) is 6.04 Å². The van der Waals surface area contributed by atoms with E-state index >= 15 is 0 Å². The average Bonchev–Trinajstić information content (AvgIpc) is 3.00. The van der Waals surface area contributed by atoms with Gasteiger partial charge in [0.2, 0.25) is 0 Å². The Labute approximate surface area is 84.9 Å². The molecule has 1 aliphatic rings. The van der Waals surface area contributed by atoms with Gasteiger partial charge in [0.05, 0.1) is 0 Å². The number of hydrogen-bond acceptors (Lipinski definition) is 3. The molecular weight excluding hydrogens is 174 g/mol. The molecule has 14 heavy (non-hydrogen) atoms. The average molecular weight is 191 g/mol. The van der Waals surface area contributed by atoms with E-state index in [1.807, 2.05) is 19.2 Å². The smallest absolute Gasteiger partial charge is 0.128 e. The summed E-state index contributed by atoms with van der Waals surface area (Å²) in [6, 6.07) is 4.85. The van der Waals surface area contributed by atoms with Crippen molar-refractivity contribution >= 4 is 5.82 Å². The van der Waals surface area contributed by atoms with Gasteiger partial charge in [-0.3, -0.25) is 0 Å². The second-order valence-electron chi connectivity index (χ2n) is 4.08. The minimum absolute atomic E-state index is 0.0874. The molecule has 0 aromatic carbocycles. The maximum Gasteiger partial charge on any atom is 0.128 e. The molecule has 0 aliphatic heterocycles. The molecule has 0 radical (unpaired) electrons. The fourth-order valence-corrected chi connectivity index (χ4v) is 1.56. The highest BCUT2D eigenvalue weighted by atomic mass is 15.2. The fraction of sp³-hybridized carbons (Fsp3) is 0.545. The molecule has 2 N–H and O–H groups in total. The molecule has 0 amide bonds. The van der Waals surface area contributed by atoms with E-state index in [1.54, 1.807) is 0 Å². The van der Waals surface area contributed by atoms with Crippen molar-refractivity contribution < 1.29 is 0 Å². The highest BCUT2D eigenvalue weighted by Crippen LogP contribution is 2.29. The highest BCUT2D eigenvalue weighted by Gasteiger charge is 2.27. The van der Waals surface area contributed by atoms with Crippen molar-refractivity contribution in [3.05, 3.63) is 23.9 Å². The summed E-state index contributed by atoms with van der Waals surface area (Å²) in [7, 11) is 2.10. The van der Waals surface area contributed by atoms with Crippen molar-refractivity contribution in [2.45, 2.75) is 31.8 Å². The van der Waals surface area contributed by atoms with Crippen LogP contribution >= 0.6 is 0 Å².